The summed E-state index contributed by atoms with van der Waals surface area (Å²) in [6.07, 6.45) is 0. The molecule has 1 saturated heterocycles. The van der Waals surface area contributed by atoms with E-state index in [4.69, 9.17) is 0 Å². The minimum Gasteiger partial charge on any atom is -0.322 e. The molecule has 1 heterocycles. The molecule has 0 radical (unpaired) electrons. The van der Waals surface area contributed by atoms with Crippen LogP contribution < -0.4 is 0 Å². The molecule has 1 atom stereocenters. The Morgan fingerprint density at radius 3 is 2.07 bits per heavy atom. The summed E-state index contributed by atoms with van der Waals surface area (Å²) in [4.78, 5) is 15.7. The first kappa shape index (κ1) is 11.3. The smallest absolute Gasteiger partial charge is 0.320 e. The van der Waals surface area contributed by atoms with Crippen LogP contribution in [0.2, 0.25) is 0 Å². The van der Waals surface area contributed by atoms with Crippen LogP contribution in [-0.2, 0) is 0 Å². The van der Waals surface area contributed by atoms with Crippen molar-refractivity contribution in [2.24, 2.45) is 5.41 Å². The van der Waals surface area contributed by atoms with Crippen LogP contribution in [0.5, 0.6) is 0 Å². The van der Waals surface area contributed by atoms with Gasteiger partial charge in [-0.15, -0.1) is 0 Å². The second-order valence-electron chi connectivity index (χ2n) is 5.52. The number of nitrogens with zero attached hydrogens (tertiary/aromatic N) is 2. The molecule has 1 fully saturated rings. The van der Waals surface area contributed by atoms with Gasteiger partial charge in [-0.25, -0.2) is 4.79 Å². The number of urea groups is 1. The van der Waals surface area contributed by atoms with Crippen molar-refractivity contribution in [1.82, 2.24) is 9.80 Å². The second kappa shape index (κ2) is 3.44. The van der Waals surface area contributed by atoms with Gasteiger partial charge in [0.25, 0.3) is 0 Å². The third kappa shape index (κ3) is 1.86. The highest BCUT2D eigenvalue weighted by molar-refractivity contribution is 5.77. The van der Waals surface area contributed by atoms with Gasteiger partial charge in [-0.3, -0.25) is 0 Å². The van der Waals surface area contributed by atoms with Crippen molar-refractivity contribution in [2.45, 2.75) is 46.7 Å². The molecular weight excluding hydrogens is 176 g/mol. The standard InChI is InChI=1S/C11H22N2O/c1-8(2)13-7-9(11(3,4)5)12(6)10(13)14/h8-9H,7H2,1-6H3. The first-order chi connectivity index (χ1) is 6.25. The summed E-state index contributed by atoms with van der Waals surface area (Å²) < 4.78 is 0. The van der Waals surface area contributed by atoms with E-state index in [1.165, 1.54) is 0 Å². The van der Waals surface area contributed by atoms with Crippen molar-refractivity contribution in [3.05, 3.63) is 0 Å². The predicted octanol–water partition coefficient (Wildman–Crippen LogP) is 2.18. The van der Waals surface area contributed by atoms with Gasteiger partial charge in [-0.1, -0.05) is 20.8 Å². The number of hydrogen-bond donors (Lipinski definition) is 0. The van der Waals surface area contributed by atoms with E-state index < -0.39 is 0 Å². The van der Waals surface area contributed by atoms with Crippen molar-refractivity contribution >= 4 is 6.03 Å². The summed E-state index contributed by atoms with van der Waals surface area (Å²) >= 11 is 0. The van der Waals surface area contributed by atoms with Gasteiger partial charge in [0.15, 0.2) is 0 Å². The maximum Gasteiger partial charge on any atom is 0.320 e. The van der Waals surface area contributed by atoms with E-state index in [1.54, 1.807) is 0 Å². The van der Waals surface area contributed by atoms with Crippen LogP contribution in [0.3, 0.4) is 0 Å². The van der Waals surface area contributed by atoms with E-state index in [0.29, 0.717) is 12.1 Å². The minimum atomic E-state index is 0.161. The maximum atomic E-state index is 11.9. The molecule has 1 aliphatic heterocycles. The lowest BCUT2D eigenvalue weighted by atomic mass is 9.86. The average Bonchev–Trinajstić information content (AvgIpc) is 2.28. The Morgan fingerprint density at radius 1 is 1.36 bits per heavy atom. The Bertz CT molecular complexity index is 230. The molecule has 0 spiro atoms. The summed E-state index contributed by atoms with van der Waals surface area (Å²) in [6, 6.07) is 0.801. The SMILES string of the molecule is CC(C)N1CC(C(C)(C)C)N(C)C1=O. The lowest BCUT2D eigenvalue weighted by Gasteiger charge is -2.31. The Hall–Kier alpha value is -0.730. The average molecular weight is 198 g/mol. The number of carbonyl (C=O) groups is 1. The molecule has 1 rings (SSSR count). The van der Waals surface area contributed by atoms with E-state index in [1.807, 2.05) is 16.8 Å². The second-order valence-corrected chi connectivity index (χ2v) is 5.52. The lowest BCUT2D eigenvalue weighted by molar-refractivity contribution is 0.171. The summed E-state index contributed by atoms with van der Waals surface area (Å²) in [7, 11) is 1.90. The van der Waals surface area contributed by atoms with Crippen LogP contribution in [0.25, 0.3) is 0 Å². The van der Waals surface area contributed by atoms with Crippen LogP contribution in [-0.4, -0.2) is 41.5 Å². The topological polar surface area (TPSA) is 23.6 Å². The first-order valence-corrected chi connectivity index (χ1v) is 5.28. The highest BCUT2D eigenvalue weighted by Crippen LogP contribution is 2.30. The van der Waals surface area contributed by atoms with Crippen LogP contribution in [0.4, 0.5) is 4.79 Å². The lowest BCUT2D eigenvalue weighted by Crippen LogP contribution is -2.39. The zero-order chi connectivity index (χ0) is 11.1. The molecule has 0 aromatic rings. The molecule has 3 nitrogen and oxygen atoms in total. The maximum absolute atomic E-state index is 11.9. The van der Waals surface area contributed by atoms with E-state index in [-0.39, 0.29) is 11.4 Å². The predicted molar refractivity (Wildman–Crippen MR) is 58.2 cm³/mol. The van der Waals surface area contributed by atoms with Gasteiger partial charge in [-0.05, 0) is 19.3 Å². The normalized spacial score (nSPS) is 23.9. The highest BCUT2D eigenvalue weighted by atomic mass is 16.2. The van der Waals surface area contributed by atoms with Crippen LogP contribution >= 0.6 is 0 Å². The van der Waals surface area contributed by atoms with Gasteiger partial charge in [-0.2, -0.15) is 0 Å². The minimum absolute atomic E-state index is 0.161. The molecule has 0 N–H and O–H groups in total. The largest absolute Gasteiger partial charge is 0.322 e. The van der Waals surface area contributed by atoms with E-state index >= 15 is 0 Å². The molecule has 1 unspecified atom stereocenters. The fraction of sp³-hybridized carbons (Fsp3) is 0.909. The number of rotatable bonds is 1. The van der Waals surface area contributed by atoms with E-state index in [2.05, 4.69) is 34.6 Å². The van der Waals surface area contributed by atoms with Gasteiger partial charge >= 0.3 is 6.03 Å². The number of carbonyl (C=O) groups excluding carboxylic acids is 1. The van der Waals surface area contributed by atoms with Crippen molar-refractivity contribution in [3.63, 3.8) is 0 Å². The summed E-state index contributed by atoms with van der Waals surface area (Å²) in [6.45, 7) is 11.5. The summed E-state index contributed by atoms with van der Waals surface area (Å²) in [5.74, 6) is 0. The molecule has 0 aliphatic carbocycles. The highest BCUT2D eigenvalue weighted by Gasteiger charge is 2.41. The zero-order valence-corrected chi connectivity index (χ0v) is 10.2. The molecule has 3 heteroatoms. The summed E-state index contributed by atoms with van der Waals surface area (Å²) in [5.41, 5.74) is 0.161. The molecule has 0 saturated carbocycles. The molecule has 0 aromatic heterocycles. The van der Waals surface area contributed by atoms with Crippen molar-refractivity contribution in [1.29, 1.82) is 0 Å². The zero-order valence-electron chi connectivity index (χ0n) is 10.2. The van der Waals surface area contributed by atoms with E-state index in [0.717, 1.165) is 6.54 Å². The van der Waals surface area contributed by atoms with Crippen LogP contribution in [0.15, 0.2) is 0 Å². The van der Waals surface area contributed by atoms with E-state index in [9.17, 15) is 4.79 Å². The van der Waals surface area contributed by atoms with Crippen LogP contribution in [0, 0.1) is 5.41 Å². The molecule has 1 aliphatic rings. The van der Waals surface area contributed by atoms with Crippen LogP contribution in [0.1, 0.15) is 34.6 Å². The van der Waals surface area contributed by atoms with Gasteiger partial charge in [0.05, 0.1) is 6.04 Å². The van der Waals surface area contributed by atoms with Crippen molar-refractivity contribution in [3.8, 4) is 0 Å². The van der Waals surface area contributed by atoms with Crippen molar-refractivity contribution in [2.75, 3.05) is 13.6 Å². The molecule has 2 amide bonds. The fourth-order valence-corrected chi connectivity index (χ4v) is 2.01. The number of likely N-dealkylation sites (N-methyl/N-ethyl adjacent to an activating group) is 1. The van der Waals surface area contributed by atoms with Gasteiger partial charge in [0, 0.05) is 19.6 Å². The monoisotopic (exact) mass is 198 g/mol. The van der Waals surface area contributed by atoms with Gasteiger partial charge < -0.3 is 9.80 Å². The Balaban J connectivity index is 2.82. The quantitative estimate of drug-likeness (QED) is 0.633. The molecule has 14 heavy (non-hydrogen) atoms. The van der Waals surface area contributed by atoms with Gasteiger partial charge in [0.1, 0.15) is 0 Å². The Kier molecular flexibility index (Phi) is 2.79. The third-order valence-electron chi connectivity index (χ3n) is 3.01. The fourth-order valence-electron chi connectivity index (χ4n) is 2.01. The Morgan fingerprint density at radius 2 is 1.86 bits per heavy atom. The summed E-state index contributed by atoms with van der Waals surface area (Å²) in [5, 5.41) is 0. The van der Waals surface area contributed by atoms with Gasteiger partial charge in [0.2, 0.25) is 0 Å². The molecule has 82 valence electrons. The van der Waals surface area contributed by atoms with Crippen molar-refractivity contribution < 1.29 is 4.79 Å². The molecule has 0 bridgehead atoms. The number of amides is 2. The number of hydrogen-bond acceptors (Lipinski definition) is 1. The Labute approximate surface area is 87.1 Å². The first-order valence-electron chi connectivity index (χ1n) is 5.28. The third-order valence-corrected chi connectivity index (χ3v) is 3.01. The molecular formula is C11H22N2O. The molecule has 0 aromatic carbocycles.